The zero-order valence-electron chi connectivity index (χ0n) is 15.2. The number of methoxy groups -OCH3 is 1. The van der Waals surface area contributed by atoms with Crippen LogP contribution in [0.2, 0.25) is 0 Å². The van der Waals surface area contributed by atoms with E-state index in [0.717, 1.165) is 22.8 Å². The van der Waals surface area contributed by atoms with E-state index in [1.807, 2.05) is 41.9 Å². The summed E-state index contributed by atoms with van der Waals surface area (Å²) in [5.74, 6) is 1.64. The fourth-order valence-electron chi connectivity index (χ4n) is 3.15. The molecular weight excluding hydrogens is 332 g/mol. The van der Waals surface area contributed by atoms with Crippen molar-refractivity contribution >= 4 is 17.6 Å². The number of nitrogens with zero attached hydrogens (tertiary/aromatic N) is 3. The molecule has 2 heterocycles. The molecule has 138 valence electrons. The van der Waals surface area contributed by atoms with Crippen molar-refractivity contribution in [3.05, 3.63) is 41.6 Å². The predicted octanol–water partition coefficient (Wildman–Crippen LogP) is 2.03. The maximum absolute atomic E-state index is 12.2. The van der Waals surface area contributed by atoms with Crippen molar-refractivity contribution in [1.29, 1.82) is 0 Å². The molecule has 2 aromatic rings. The van der Waals surface area contributed by atoms with Crippen molar-refractivity contribution in [3.63, 3.8) is 0 Å². The third-order valence-corrected chi connectivity index (χ3v) is 4.45. The van der Waals surface area contributed by atoms with Gasteiger partial charge in [0.15, 0.2) is 0 Å². The summed E-state index contributed by atoms with van der Waals surface area (Å²) in [4.78, 5) is 26.0. The number of anilines is 1. The second-order valence-corrected chi connectivity index (χ2v) is 6.35. The molecule has 1 N–H and O–H groups in total. The van der Waals surface area contributed by atoms with Crippen molar-refractivity contribution in [2.45, 2.75) is 39.3 Å². The number of hydrogen-bond acceptors (Lipinski definition) is 4. The number of nitrogens with one attached hydrogen (secondary N) is 1. The maximum Gasteiger partial charge on any atom is 0.229 e. The zero-order chi connectivity index (χ0) is 18.5. The number of para-hydroxylation sites is 1. The first-order valence-corrected chi connectivity index (χ1v) is 8.82. The Balaban J connectivity index is 1.49. The van der Waals surface area contributed by atoms with Crippen LogP contribution in [-0.2, 0) is 22.7 Å². The molecule has 0 radical (unpaired) electrons. The molecule has 0 saturated heterocycles. The Bertz CT molecular complexity index is 800. The van der Waals surface area contributed by atoms with Crippen molar-refractivity contribution in [1.82, 2.24) is 15.1 Å². The van der Waals surface area contributed by atoms with Gasteiger partial charge < -0.3 is 10.1 Å². The highest BCUT2D eigenvalue weighted by molar-refractivity contribution is 5.93. The van der Waals surface area contributed by atoms with E-state index in [-0.39, 0.29) is 11.8 Å². The van der Waals surface area contributed by atoms with Gasteiger partial charge in [-0.15, -0.1) is 0 Å². The average molecular weight is 356 g/mol. The topological polar surface area (TPSA) is 76.5 Å². The van der Waals surface area contributed by atoms with Gasteiger partial charge in [-0.25, -0.2) is 4.68 Å². The largest absolute Gasteiger partial charge is 0.496 e. The molecule has 0 aliphatic carbocycles. The van der Waals surface area contributed by atoms with Crippen LogP contribution in [-0.4, -0.2) is 35.2 Å². The molecule has 1 aromatic heterocycles. The van der Waals surface area contributed by atoms with Crippen molar-refractivity contribution in [3.8, 4) is 5.75 Å². The van der Waals surface area contributed by atoms with Crippen LogP contribution in [0.15, 0.2) is 30.3 Å². The van der Waals surface area contributed by atoms with E-state index in [1.165, 1.54) is 0 Å². The average Bonchev–Trinajstić information content (AvgIpc) is 3.02. The molecule has 1 aliphatic heterocycles. The molecule has 7 heteroatoms. The number of fused-ring (bicyclic) bond motifs is 1. The Labute approximate surface area is 152 Å². The lowest BCUT2D eigenvalue weighted by molar-refractivity contribution is -0.122. The number of ether oxygens (including phenoxy) is 1. The van der Waals surface area contributed by atoms with Gasteiger partial charge in [-0.2, -0.15) is 5.10 Å². The number of hydrogen-bond donors (Lipinski definition) is 1. The Kier molecular flexibility index (Phi) is 5.55. The molecule has 1 aromatic carbocycles. The van der Waals surface area contributed by atoms with Crippen LogP contribution in [0.5, 0.6) is 5.75 Å². The van der Waals surface area contributed by atoms with E-state index < -0.39 is 0 Å². The fraction of sp³-hybridized carbons (Fsp3) is 0.421. The van der Waals surface area contributed by atoms with Gasteiger partial charge in [0.2, 0.25) is 11.8 Å². The summed E-state index contributed by atoms with van der Waals surface area (Å²) >= 11 is 0. The van der Waals surface area contributed by atoms with Crippen molar-refractivity contribution < 1.29 is 14.3 Å². The van der Waals surface area contributed by atoms with Crippen LogP contribution in [0.4, 0.5) is 5.82 Å². The molecule has 0 unspecified atom stereocenters. The first-order chi connectivity index (χ1) is 12.6. The second kappa shape index (κ2) is 8.03. The Morgan fingerprint density at radius 2 is 2.15 bits per heavy atom. The van der Waals surface area contributed by atoms with Gasteiger partial charge >= 0.3 is 0 Å². The summed E-state index contributed by atoms with van der Waals surface area (Å²) in [6, 6.07) is 9.52. The number of amides is 2. The summed E-state index contributed by atoms with van der Waals surface area (Å²) in [6.45, 7) is 3.49. The maximum atomic E-state index is 12.2. The number of aryl methyl sites for hydroxylation is 2. The molecule has 0 saturated carbocycles. The fourth-order valence-corrected chi connectivity index (χ4v) is 3.15. The van der Waals surface area contributed by atoms with E-state index >= 15 is 0 Å². The second-order valence-electron chi connectivity index (χ2n) is 6.35. The molecule has 0 fully saturated rings. The summed E-state index contributed by atoms with van der Waals surface area (Å²) in [5, 5.41) is 7.30. The molecule has 3 rings (SSSR count). The SMILES string of the molecule is COc1ccccc1CNC(=O)CCCN1C(=O)CCn2nc(C)cc21. The minimum Gasteiger partial charge on any atom is -0.496 e. The molecule has 1 aliphatic rings. The van der Waals surface area contributed by atoms with E-state index in [9.17, 15) is 9.59 Å². The quantitative estimate of drug-likeness (QED) is 0.824. The first-order valence-electron chi connectivity index (χ1n) is 8.82. The van der Waals surface area contributed by atoms with Crippen molar-refractivity contribution in [2.24, 2.45) is 0 Å². The number of benzene rings is 1. The molecule has 26 heavy (non-hydrogen) atoms. The molecule has 0 spiro atoms. The summed E-state index contributed by atoms with van der Waals surface area (Å²) in [7, 11) is 1.61. The van der Waals surface area contributed by atoms with Gasteiger partial charge in [0.1, 0.15) is 11.6 Å². The summed E-state index contributed by atoms with van der Waals surface area (Å²) < 4.78 is 7.14. The minimum absolute atomic E-state index is 0.0370. The smallest absolute Gasteiger partial charge is 0.229 e. The predicted molar refractivity (Wildman–Crippen MR) is 98.0 cm³/mol. The van der Waals surface area contributed by atoms with Gasteiger partial charge in [-0.05, 0) is 19.4 Å². The van der Waals surface area contributed by atoms with E-state index in [1.54, 1.807) is 12.0 Å². The molecule has 7 nitrogen and oxygen atoms in total. The van der Waals surface area contributed by atoms with E-state index in [0.29, 0.717) is 38.9 Å². The van der Waals surface area contributed by atoms with Gasteiger partial charge in [0, 0.05) is 37.6 Å². The highest BCUT2D eigenvalue weighted by Crippen LogP contribution is 2.23. The highest BCUT2D eigenvalue weighted by atomic mass is 16.5. The minimum atomic E-state index is -0.0370. The summed E-state index contributed by atoms with van der Waals surface area (Å²) in [6.07, 6.45) is 1.42. The van der Waals surface area contributed by atoms with Crippen LogP contribution >= 0.6 is 0 Å². The number of aromatic nitrogens is 2. The van der Waals surface area contributed by atoms with Crippen LogP contribution in [0.3, 0.4) is 0 Å². The lowest BCUT2D eigenvalue weighted by Crippen LogP contribution is -2.38. The number of carbonyl (C=O) groups excluding carboxylic acids is 2. The zero-order valence-corrected chi connectivity index (χ0v) is 15.2. The van der Waals surface area contributed by atoms with Gasteiger partial charge in [-0.1, -0.05) is 18.2 Å². The third-order valence-electron chi connectivity index (χ3n) is 4.45. The normalized spacial score (nSPS) is 13.5. The Morgan fingerprint density at radius 3 is 2.96 bits per heavy atom. The van der Waals surface area contributed by atoms with Crippen LogP contribution in [0.25, 0.3) is 0 Å². The van der Waals surface area contributed by atoms with Gasteiger partial charge in [0.25, 0.3) is 0 Å². The molecule has 2 amide bonds. The standard InChI is InChI=1S/C19H24N4O3/c1-14-12-18-22(19(25)9-11-23(18)21-14)10-5-8-17(24)20-13-15-6-3-4-7-16(15)26-2/h3-4,6-7,12H,5,8-11,13H2,1-2H3,(H,20,24). The van der Waals surface area contributed by atoms with Crippen LogP contribution in [0, 0.1) is 6.92 Å². The lowest BCUT2D eigenvalue weighted by Gasteiger charge is -2.27. The number of carbonyl (C=O) groups is 2. The Hall–Kier alpha value is -2.83. The van der Waals surface area contributed by atoms with Crippen molar-refractivity contribution in [2.75, 3.05) is 18.6 Å². The monoisotopic (exact) mass is 356 g/mol. The van der Waals surface area contributed by atoms with Gasteiger partial charge in [-0.3, -0.25) is 14.5 Å². The van der Waals surface area contributed by atoms with Crippen LogP contribution < -0.4 is 15.0 Å². The summed E-state index contributed by atoms with van der Waals surface area (Å²) in [5.41, 5.74) is 1.84. The number of rotatable bonds is 7. The Morgan fingerprint density at radius 1 is 1.35 bits per heavy atom. The molecule has 0 atom stereocenters. The van der Waals surface area contributed by atoms with Gasteiger partial charge in [0.05, 0.1) is 19.3 Å². The van der Waals surface area contributed by atoms with Crippen LogP contribution in [0.1, 0.15) is 30.5 Å². The van der Waals surface area contributed by atoms with E-state index in [2.05, 4.69) is 10.4 Å². The highest BCUT2D eigenvalue weighted by Gasteiger charge is 2.25. The third kappa shape index (κ3) is 4.04. The lowest BCUT2D eigenvalue weighted by atomic mass is 10.2. The molecular formula is C19H24N4O3. The van der Waals surface area contributed by atoms with E-state index in [4.69, 9.17) is 4.74 Å². The first kappa shape index (κ1) is 18.0. The molecule has 0 bridgehead atoms.